The maximum atomic E-state index is 13.0. The lowest BCUT2D eigenvalue weighted by Gasteiger charge is -2.24. The van der Waals surface area contributed by atoms with Gasteiger partial charge in [0.1, 0.15) is 0 Å². The number of rotatable bonds is 4. The summed E-state index contributed by atoms with van der Waals surface area (Å²) in [5, 5.41) is 8.15. The molecular weight excluding hydrogens is 312 g/mol. The van der Waals surface area contributed by atoms with Gasteiger partial charge in [-0.05, 0) is 56.4 Å². The Morgan fingerprint density at radius 2 is 2.20 bits per heavy atom. The minimum absolute atomic E-state index is 0.0471. The first kappa shape index (κ1) is 15.8. The lowest BCUT2D eigenvalue weighted by molar-refractivity contribution is 0.0726. The SMILES string of the molecule is Cc1cc(CC[C@H]2CCCN2C(=O)c2n[nH]c3ccccc23)ccn1. The van der Waals surface area contributed by atoms with Crippen molar-refractivity contribution in [3.8, 4) is 0 Å². The summed E-state index contributed by atoms with van der Waals surface area (Å²) in [6.45, 7) is 2.83. The predicted octanol–water partition coefficient (Wildman–Crippen LogP) is 3.50. The number of aryl methyl sites for hydroxylation is 2. The van der Waals surface area contributed by atoms with Crippen LogP contribution in [0.15, 0.2) is 42.6 Å². The Kier molecular flexibility index (Phi) is 4.22. The van der Waals surface area contributed by atoms with Crippen molar-refractivity contribution in [1.82, 2.24) is 20.1 Å². The zero-order chi connectivity index (χ0) is 17.2. The van der Waals surface area contributed by atoms with Gasteiger partial charge < -0.3 is 4.90 Å². The molecule has 1 aromatic carbocycles. The Morgan fingerprint density at radius 3 is 3.08 bits per heavy atom. The summed E-state index contributed by atoms with van der Waals surface area (Å²) in [6, 6.07) is 12.3. The number of nitrogens with one attached hydrogen (secondary N) is 1. The van der Waals surface area contributed by atoms with Crippen LogP contribution in [0.5, 0.6) is 0 Å². The highest BCUT2D eigenvalue weighted by Crippen LogP contribution is 2.26. The van der Waals surface area contributed by atoms with Crippen LogP contribution in [-0.4, -0.2) is 38.6 Å². The maximum absolute atomic E-state index is 13.0. The van der Waals surface area contributed by atoms with Gasteiger partial charge in [0, 0.05) is 29.9 Å². The molecule has 1 amide bonds. The Hall–Kier alpha value is -2.69. The fourth-order valence-electron chi connectivity index (χ4n) is 3.76. The highest BCUT2D eigenvalue weighted by molar-refractivity contribution is 6.04. The number of carbonyl (C=O) groups is 1. The third-order valence-electron chi connectivity index (χ3n) is 5.04. The number of aromatic amines is 1. The van der Waals surface area contributed by atoms with E-state index in [-0.39, 0.29) is 11.9 Å². The molecule has 0 saturated carbocycles. The number of hydrogen-bond acceptors (Lipinski definition) is 3. The van der Waals surface area contributed by atoms with E-state index in [1.807, 2.05) is 42.3 Å². The van der Waals surface area contributed by atoms with Gasteiger partial charge in [0.05, 0.1) is 5.52 Å². The van der Waals surface area contributed by atoms with Crippen LogP contribution >= 0.6 is 0 Å². The molecule has 2 aromatic heterocycles. The molecule has 3 aromatic rings. The topological polar surface area (TPSA) is 61.9 Å². The molecule has 0 bridgehead atoms. The lowest BCUT2D eigenvalue weighted by atomic mass is 10.0. The molecule has 1 saturated heterocycles. The Balaban J connectivity index is 1.50. The maximum Gasteiger partial charge on any atom is 0.275 e. The van der Waals surface area contributed by atoms with Gasteiger partial charge in [-0.2, -0.15) is 5.10 Å². The van der Waals surface area contributed by atoms with E-state index >= 15 is 0 Å². The molecule has 4 rings (SSSR count). The normalized spacial score (nSPS) is 17.3. The van der Waals surface area contributed by atoms with Crippen molar-refractivity contribution in [1.29, 1.82) is 0 Å². The van der Waals surface area contributed by atoms with Crippen LogP contribution < -0.4 is 0 Å². The minimum Gasteiger partial charge on any atom is -0.334 e. The molecular formula is C20H22N4O. The zero-order valence-electron chi connectivity index (χ0n) is 14.4. The van der Waals surface area contributed by atoms with Crippen LogP contribution in [-0.2, 0) is 6.42 Å². The minimum atomic E-state index is 0.0471. The second-order valence-corrected chi connectivity index (χ2v) is 6.76. The molecule has 0 aliphatic carbocycles. The lowest BCUT2D eigenvalue weighted by Crippen LogP contribution is -2.36. The molecule has 128 valence electrons. The molecule has 1 aliphatic rings. The molecule has 5 nitrogen and oxygen atoms in total. The number of hydrogen-bond donors (Lipinski definition) is 1. The Labute approximate surface area is 147 Å². The van der Waals surface area contributed by atoms with Gasteiger partial charge in [-0.25, -0.2) is 0 Å². The third kappa shape index (κ3) is 3.14. The summed E-state index contributed by atoms with van der Waals surface area (Å²) in [7, 11) is 0. The molecule has 0 radical (unpaired) electrons. The number of H-pyrrole nitrogens is 1. The number of aromatic nitrogens is 3. The van der Waals surface area contributed by atoms with Crippen LogP contribution in [0.25, 0.3) is 10.9 Å². The number of benzene rings is 1. The molecule has 1 N–H and O–H groups in total. The quantitative estimate of drug-likeness (QED) is 0.794. The van der Waals surface area contributed by atoms with Gasteiger partial charge in [-0.1, -0.05) is 18.2 Å². The monoisotopic (exact) mass is 334 g/mol. The fourth-order valence-corrected chi connectivity index (χ4v) is 3.76. The molecule has 5 heteroatoms. The second kappa shape index (κ2) is 6.67. The molecule has 1 atom stereocenters. The first-order chi connectivity index (χ1) is 12.2. The molecule has 1 fully saturated rings. The van der Waals surface area contributed by atoms with Crippen LogP contribution in [0.3, 0.4) is 0 Å². The summed E-state index contributed by atoms with van der Waals surface area (Å²) >= 11 is 0. The van der Waals surface area contributed by atoms with Gasteiger partial charge in [0.15, 0.2) is 5.69 Å². The average molecular weight is 334 g/mol. The number of likely N-dealkylation sites (tertiary alicyclic amines) is 1. The zero-order valence-corrected chi connectivity index (χ0v) is 14.4. The van der Waals surface area contributed by atoms with Crippen molar-refractivity contribution in [3.63, 3.8) is 0 Å². The summed E-state index contributed by atoms with van der Waals surface area (Å²) in [6.07, 6.45) is 5.95. The standard InChI is InChI=1S/C20H22N4O/c1-14-13-15(10-11-21-14)8-9-16-5-4-12-24(16)20(25)19-17-6-2-3-7-18(17)22-23-19/h2-3,6-7,10-11,13,16H,4-5,8-9,12H2,1H3,(H,22,23)/t16-/m1/s1. The third-order valence-corrected chi connectivity index (χ3v) is 5.04. The second-order valence-electron chi connectivity index (χ2n) is 6.76. The summed E-state index contributed by atoms with van der Waals surface area (Å²) < 4.78 is 0. The van der Waals surface area contributed by atoms with E-state index in [0.29, 0.717) is 5.69 Å². The summed E-state index contributed by atoms with van der Waals surface area (Å²) in [4.78, 5) is 19.3. The van der Waals surface area contributed by atoms with E-state index in [1.165, 1.54) is 5.56 Å². The van der Waals surface area contributed by atoms with Crippen molar-refractivity contribution < 1.29 is 4.79 Å². The number of fused-ring (bicyclic) bond motifs is 1. The van der Waals surface area contributed by atoms with Gasteiger partial charge >= 0.3 is 0 Å². The van der Waals surface area contributed by atoms with Gasteiger partial charge in [-0.3, -0.25) is 14.9 Å². The number of nitrogens with zero attached hydrogens (tertiary/aromatic N) is 3. The smallest absolute Gasteiger partial charge is 0.275 e. The van der Waals surface area contributed by atoms with Crippen LogP contribution in [0.1, 0.15) is 41.0 Å². The van der Waals surface area contributed by atoms with E-state index in [0.717, 1.165) is 48.8 Å². The summed E-state index contributed by atoms with van der Waals surface area (Å²) in [5.74, 6) is 0.0471. The molecule has 0 unspecified atom stereocenters. The highest BCUT2D eigenvalue weighted by atomic mass is 16.2. The van der Waals surface area contributed by atoms with Gasteiger partial charge in [0.2, 0.25) is 0 Å². The first-order valence-corrected chi connectivity index (χ1v) is 8.88. The van der Waals surface area contributed by atoms with Crippen molar-refractivity contribution in [2.75, 3.05) is 6.54 Å². The van der Waals surface area contributed by atoms with E-state index in [9.17, 15) is 4.79 Å². The predicted molar refractivity (Wildman–Crippen MR) is 97.4 cm³/mol. The number of carbonyl (C=O) groups excluding carboxylic acids is 1. The highest BCUT2D eigenvalue weighted by Gasteiger charge is 2.31. The Bertz CT molecular complexity index is 901. The van der Waals surface area contributed by atoms with Crippen molar-refractivity contribution in [2.24, 2.45) is 0 Å². The van der Waals surface area contributed by atoms with E-state index in [2.05, 4.69) is 27.3 Å². The van der Waals surface area contributed by atoms with E-state index in [1.54, 1.807) is 0 Å². The fraction of sp³-hybridized carbons (Fsp3) is 0.350. The van der Waals surface area contributed by atoms with E-state index < -0.39 is 0 Å². The number of amides is 1. The van der Waals surface area contributed by atoms with Gasteiger partial charge in [-0.15, -0.1) is 0 Å². The molecule has 0 spiro atoms. The molecule has 3 heterocycles. The number of pyridine rings is 1. The average Bonchev–Trinajstić information content (AvgIpc) is 3.26. The Morgan fingerprint density at radius 1 is 1.32 bits per heavy atom. The van der Waals surface area contributed by atoms with Gasteiger partial charge in [0.25, 0.3) is 5.91 Å². The van der Waals surface area contributed by atoms with Crippen LogP contribution in [0, 0.1) is 6.92 Å². The molecule has 1 aliphatic heterocycles. The largest absolute Gasteiger partial charge is 0.334 e. The van der Waals surface area contributed by atoms with Crippen molar-refractivity contribution >= 4 is 16.8 Å². The first-order valence-electron chi connectivity index (χ1n) is 8.88. The van der Waals surface area contributed by atoms with E-state index in [4.69, 9.17) is 0 Å². The molecule has 25 heavy (non-hydrogen) atoms. The van der Waals surface area contributed by atoms with Crippen molar-refractivity contribution in [2.45, 2.75) is 38.6 Å². The van der Waals surface area contributed by atoms with Crippen LogP contribution in [0.2, 0.25) is 0 Å². The summed E-state index contributed by atoms with van der Waals surface area (Å²) in [5.41, 5.74) is 3.79. The van der Waals surface area contributed by atoms with Crippen molar-refractivity contribution in [3.05, 3.63) is 59.5 Å². The van der Waals surface area contributed by atoms with Crippen LogP contribution in [0.4, 0.5) is 0 Å². The number of para-hydroxylation sites is 1.